The van der Waals surface area contributed by atoms with E-state index in [9.17, 15) is 22.8 Å². The molecule has 2 amide bonds. The second-order valence-corrected chi connectivity index (χ2v) is 6.93. The number of piperidine rings is 1. The SMILES string of the molecule is CC1CCCN(C(=O)c2cc(C(=O)Nc3ccccc3C(F)(F)F)ccn2)C1. The molecule has 0 spiro atoms. The average Bonchev–Trinajstić information content (AvgIpc) is 2.67. The van der Waals surface area contributed by atoms with Crippen molar-refractivity contribution in [2.75, 3.05) is 18.4 Å². The number of nitrogens with zero attached hydrogens (tertiary/aromatic N) is 2. The van der Waals surface area contributed by atoms with Crippen molar-refractivity contribution in [2.24, 2.45) is 5.92 Å². The molecule has 0 bridgehead atoms. The van der Waals surface area contributed by atoms with Gasteiger partial charge in [0.15, 0.2) is 0 Å². The van der Waals surface area contributed by atoms with Crippen LogP contribution in [0.3, 0.4) is 0 Å². The molecule has 1 aromatic heterocycles. The average molecular weight is 391 g/mol. The molecular weight excluding hydrogens is 371 g/mol. The van der Waals surface area contributed by atoms with Crippen LogP contribution in [0.15, 0.2) is 42.6 Å². The van der Waals surface area contributed by atoms with Gasteiger partial charge in [0.1, 0.15) is 5.69 Å². The number of carbonyl (C=O) groups excluding carboxylic acids is 2. The first-order valence-electron chi connectivity index (χ1n) is 8.98. The number of para-hydroxylation sites is 1. The topological polar surface area (TPSA) is 62.3 Å². The van der Waals surface area contributed by atoms with Gasteiger partial charge in [-0.3, -0.25) is 14.6 Å². The lowest BCUT2D eigenvalue weighted by atomic mass is 10.00. The van der Waals surface area contributed by atoms with Crippen LogP contribution < -0.4 is 5.32 Å². The summed E-state index contributed by atoms with van der Waals surface area (Å²) in [6, 6.07) is 7.41. The van der Waals surface area contributed by atoms with Crippen molar-refractivity contribution >= 4 is 17.5 Å². The number of likely N-dealkylation sites (tertiary alicyclic amines) is 1. The summed E-state index contributed by atoms with van der Waals surface area (Å²) in [5.41, 5.74) is -1.10. The zero-order chi connectivity index (χ0) is 20.3. The Bertz CT molecular complexity index is 883. The fourth-order valence-corrected chi connectivity index (χ4v) is 3.26. The van der Waals surface area contributed by atoms with Gasteiger partial charge in [0.25, 0.3) is 11.8 Å². The molecule has 1 aliphatic rings. The number of nitrogens with one attached hydrogen (secondary N) is 1. The zero-order valence-corrected chi connectivity index (χ0v) is 15.3. The molecule has 1 fully saturated rings. The summed E-state index contributed by atoms with van der Waals surface area (Å²) < 4.78 is 39.3. The number of aromatic nitrogens is 1. The third-order valence-corrected chi connectivity index (χ3v) is 4.67. The van der Waals surface area contributed by atoms with E-state index in [0.29, 0.717) is 19.0 Å². The van der Waals surface area contributed by atoms with Crippen LogP contribution in [0.4, 0.5) is 18.9 Å². The van der Waals surface area contributed by atoms with E-state index in [1.54, 1.807) is 4.90 Å². The molecule has 148 valence electrons. The van der Waals surface area contributed by atoms with Crippen LogP contribution in [0.2, 0.25) is 0 Å². The van der Waals surface area contributed by atoms with Crippen LogP contribution in [0.5, 0.6) is 0 Å². The Balaban J connectivity index is 1.79. The van der Waals surface area contributed by atoms with Crippen LogP contribution in [0.1, 0.15) is 46.2 Å². The number of benzene rings is 1. The molecule has 1 aliphatic heterocycles. The molecule has 2 heterocycles. The first kappa shape index (κ1) is 19.9. The third-order valence-electron chi connectivity index (χ3n) is 4.67. The Morgan fingerprint density at radius 3 is 2.68 bits per heavy atom. The summed E-state index contributed by atoms with van der Waals surface area (Å²) >= 11 is 0. The standard InChI is InChI=1S/C20H20F3N3O2/c1-13-5-4-10-26(12-13)19(28)17-11-14(8-9-24-17)18(27)25-16-7-3-2-6-15(16)20(21,22)23/h2-3,6-9,11,13H,4-5,10,12H2,1H3,(H,25,27). The lowest BCUT2D eigenvalue weighted by molar-refractivity contribution is -0.136. The van der Waals surface area contributed by atoms with Crippen LogP contribution in [0, 0.1) is 5.92 Å². The highest BCUT2D eigenvalue weighted by molar-refractivity contribution is 6.06. The van der Waals surface area contributed by atoms with E-state index in [-0.39, 0.29) is 22.9 Å². The molecule has 8 heteroatoms. The molecule has 5 nitrogen and oxygen atoms in total. The number of carbonyl (C=O) groups is 2. The molecule has 3 rings (SSSR count). The Morgan fingerprint density at radius 2 is 1.96 bits per heavy atom. The molecule has 0 saturated carbocycles. The summed E-state index contributed by atoms with van der Waals surface area (Å²) in [5, 5.41) is 2.27. The smallest absolute Gasteiger partial charge is 0.337 e. The van der Waals surface area contributed by atoms with Crippen molar-refractivity contribution in [3.05, 3.63) is 59.4 Å². The minimum atomic E-state index is -4.59. The molecular formula is C20H20F3N3O2. The molecule has 2 aromatic rings. The van der Waals surface area contributed by atoms with Gasteiger partial charge < -0.3 is 10.2 Å². The maximum Gasteiger partial charge on any atom is 0.418 e. The largest absolute Gasteiger partial charge is 0.418 e. The van der Waals surface area contributed by atoms with E-state index < -0.39 is 17.6 Å². The number of anilines is 1. The maximum absolute atomic E-state index is 13.1. The van der Waals surface area contributed by atoms with Gasteiger partial charge in [0.05, 0.1) is 11.3 Å². The fraction of sp³-hybridized carbons (Fsp3) is 0.350. The van der Waals surface area contributed by atoms with E-state index in [1.807, 2.05) is 0 Å². The van der Waals surface area contributed by atoms with Crippen LogP contribution in [-0.2, 0) is 6.18 Å². The first-order valence-corrected chi connectivity index (χ1v) is 8.98. The first-order chi connectivity index (χ1) is 13.3. The van der Waals surface area contributed by atoms with Crippen LogP contribution in [0.25, 0.3) is 0 Å². The normalized spacial score (nSPS) is 17.3. The minimum absolute atomic E-state index is 0.0698. The highest BCUT2D eigenvalue weighted by Crippen LogP contribution is 2.34. The number of hydrogen-bond acceptors (Lipinski definition) is 3. The van der Waals surface area contributed by atoms with Crippen molar-refractivity contribution in [3.63, 3.8) is 0 Å². The van der Waals surface area contributed by atoms with E-state index in [4.69, 9.17) is 0 Å². The second kappa shape index (κ2) is 8.00. The number of hydrogen-bond donors (Lipinski definition) is 1. The molecule has 1 atom stereocenters. The summed E-state index contributed by atoms with van der Waals surface area (Å²) in [4.78, 5) is 30.8. The summed E-state index contributed by atoms with van der Waals surface area (Å²) in [5.74, 6) is -0.625. The molecule has 28 heavy (non-hydrogen) atoms. The Labute approximate surface area is 160 Å². The highest BCUT2D eigenvalue weighted by Gasteiger charge is 2.33. The van der Waals surface area contributed by atoms with Crippen molar-refractivity contribution in [1.82, 2.24) is 9.88 Å². The Morgan fingerprint density at radius 1 is 1.21 bits per heavy atom. The second-order valence-electron chi connectivity index (χ2n) is 6.93. The van der Waals surface area contributed by atoms with Crippen molar-refractivity contribution in [1.29, 1.82) is 0 Å². The van der Waals surface area contributed by atoms with Crippen molar-refractivity contribution in [2.45, 2.75) is 25.9 Å². The van der Waals surface area contributed by atoms with Gasteiger partial charge in [-0.15, -0.1) is 0 Å². The third kappa shape index (κ3) is 4.49. The van der Waals surface area contributed by atoms with Gasteiger partial charge in [0.2, 0.25) is 0 Å². The lowest BCUT2D eigenvalue weighted by Gasteiger charge is -2.30. The maximum atomic E-state index is 13.1. The Kier molecular flexibility index (Phi) is 5.67. The quantitative estimate of drug-likeness (QED) is 0.852. The van der Waals surface area contributed by atoms with Crippen molar-refractivity contribution < 1.29 is 22.8 Å². The summed E-state index contributed by atoms with van der Waals surface area (Å²) in [7, 11) is 0. The number of rotatable bonds is 3. The van der Waals surface area contributed by atoms with E-state index in [1.165, 1.54) is 36.5 Å². The van der Waals surface area contributed by atoms with E-state index in [0.717, 1.165) is 18.9 Å². The Hall–Kier alpha value is -2.90. The predicted molar refractivity (Wildman–Crippen MR) is 97.9 cm³/mol. The number of pyridine rings is 1. The van der Waals surface area contributed by atoms with Crippen molar-refractivity contribution in [3.8, 4) is 0 Å². The molecule has 1 N–H and O–H groups in total. The van der Waals surface area contributed by atoms with Gasteiger partial charge in [-0.25, -0.2) is 0 Å². The van der Waals surface area contributed by atoms with E-state index in [2.05, 4.69) is 17.2 Å². The van der Waals surface area contributed by atoms with Crippen LogP contribution in [-0.4, -0.2) is 34.8 Å². The molecule has 1 saturated heterocycles. The van der Waals surface area contributed by atoms with Crippen LogP contribution >= 0.6 is 0 Å². The lowest BCUT2D eigenvalue weighted by Crippen LogP contribution is -2.39. The predicted octanol–water partition coefficient (Wildman–Crippen LogP) is 4.22. The molecule has 0 radical (unpaired) electrons. The number of amides is 2. The van der Waals surface area contributed by atoms with Gasteiger partial charge in [-0.05, 0) is 43.0 Å². The molecule has 0 aliphatic carbocycles. The summed E-state index contributed by atoms with van der Waals surface area (Å²) in [6.07, 6.45) is -1.32. The molecule has 1 aromatic carbocycles. The minimum Gasteiger partial charge on any atom is -0.337 e. The van der Waals surface area contributed by atoms with Gasteiger partial charge in [-0.1, -0.05) is 19.1 Å². The fourth-order valence-electron chi connectivity index (χ4n) is 3.26. The number of halogens is 3. The number of alkyl halides is 3. The van der Waals surface area contributed by atoms with Gasteiger partial charge in [0, 0.05) is 24.8 Å². The van der Waals surface area contributed by atoms with E-state index >= 15 is 0 Å². The summed E-state index contributed by atoms with van der Waals surface area (Å²) in [6.45, 7) is 3.31. The monoisotopic (exact) mass is 391 g/mol. The molecule has 1 unspecified atom stereocenters. The zero-order valence-electron chi connectivity index (χ0n) is 15.3. The van der Waals surface area contributed by atoms with Gasteiger partial charge in [-0.2, -0.15) is 13.2 Å². The highest BCUT2D eigenvalue weighted by atomic mass is 19.4. The van der Waals surface area contributed by atoms with Gasteiger partial charge >= 0.3 is 6.18 Å².